The molecule has 2 aromatic rings. The van der Waals surface area contributed by atoms with Crippen molar-refractivity contribution in [3.8, 4) is 0 Å². The second-order valence-electron chi connectivity index (χ2n) is 5.82. The number of rotatable bonds is 3. The number of amides is 2. The van der Waals surface area contributed by atoms with Crippen LogP contribution in [0.25, 0.3) is 0 Å². The summed E-state index contributed by atoms with van der Waals surface area (Å²) in [6, 6.07) is 7.35. The summed E-state index contributed by atoms with van der Waals surface area (Å²) in [5.74, 6) is 1.25. The molecule has 1 aromatic carbocycles. The first kappa shape index (κ1) is 16.2. The Labute approximate surface area is 141 Å². The van der Waals surface area contributed by atoms with Crippen molar-refractivity contribution in [1.29, 1.82) is 0 Å². The first-order valence-corrected chi connectivity index (χ1v) is 7.91. The van der Waals surface area contributed by atoms with Gasteiger partial charge in [0.25, 0.3) is 0 Å². The van der Waals surface area contributed by atoms with Crippen molar-refractivity contribution in [1.82, 2.24) is 9.97 Å². The molecule has 0 unspecified atom stereocenters. The van der Waals surface area contributed by atoms with Gasteiger partial charge in [-0.1, -0.05) is 6.07 Å². The molecule has 2 N–H and O–H groups in total. The van der Waals surface area contributed by atoms with Crippen LogP contribution in [0.4, 0.5) is 22.1 Å². The van der Waals surface area contributed by atoms with Gasteiger partial charge in [-0.3, -0.25) is 5.32 Å². The fourth-order valence-electron chi connectivity index (χ4n) is 2.71. The van der Waals surface area contributed by atoms with Gasteiger partial charge in [0.05, 0.1) is 13.2 Å². The zero-order chi connectivity index (χ0) is 16.9. The predicted octanol–water partition coefficient (Wildman–Crippen LogP) is 2.57. The number of urea groups is 1. The van der Waals surface area contributed by atoms with Crippen LogP contribution in [-0.2, 0) is 4.74 Å². The minimum atomic E-state index is -0.327. The average Bonchev–Trinajstić information content (AvgIpc) is 2.55. The summed E-state index contributed by atoms with van der Waals surface area (Å²) in [7, 11) is 0. The van der Waals surface area contributed by atoms with Crippen molar-refractivity contribution in [3.63, 3.8) is 0 Å². The highest BCUT2D eigenvalue weighted by Crippen LogP contribution is 2.17. The number of aryl methyl sites for hydroxylation is 2. The van der Waals surface area contributed by atoms with Crippen LogP contribution in [0.3, 0.4) is 0 Å². The molecule has 2 amide bonds. The molecule has 2 heterocycles. The molecule has 1 aliphatic rings. The molecule has 0 aliphatic carbocycles. The summed E-state index contributed by atoms with van der Waals surface area (Å²) in [5.41, 5.74) is 2.95. The van der Waals surface area contributed by atoms with Crippen LogP contribution in [-0.4, -0.2) is 42.3 Å². The molecular formula is C17H21N5O2. The van der Waals surface area contributed by atoms with E-state index in [1.165, 1.54) is 6.33 Å². The van der Waals surface area contributed by atoms with Gasteiger partial charge < -0.3 is 15.0 Å². The number of carbonyl (C=O) groups is 1. The Morgan fingerprint density at radius 1 is 1.04 bits per heavy atom. The van der Waals surface area contributed by atoms with Crippen molar-refractivity contribution >= 4 is 23.4 Å². The Morgan fingerprint density at radius 3 is 2.46 bits per heavy atom. The van der Waals surface area contributed by atoms with Gasteiger partial charge in [0.1, 0.15) is 18.0 Å². The van der Waals surface area contributed by atoms with Crippen LogP contribution < -0.4 is 15.5 Å². The van der Waals surface area contributed by atoms with E-state index in [2.05, 4.69) is 31.6 Å². The first-order chi connectivity index (χ1) is 11.6. The van der Waals surface area contributed by atoms with Gasteiger partial charge >= 0.3 is 6.03 Å². The maximum atomic E-state index is 12.2. The highest BCUT2D eigenvalue weighted by atomic mass is 16.5. The van der Waals surface area contributed by atoms with Crippen molar-refractivity contribution < 1.29 is 9.53 Å². The number of benzene rings is 1. The van der Waals surface area contributed by atoms with Gasteiger partial charge in [0.15, 0.2) is 0 Å². The Morgan fingerprint density at radius 2 is 1.75 bits per heavy atom. The number of nitrogens with zero attached hydrogens (tertiary/aromatic N) is 3. The molecule has 1 fully saturated rings. The molecule has 0 radical (unpaired) electrons. The Hall–Kier alpha value is -2.67. The van der Waals surface area contributed by atoms with Crippen LogP contribution in [0.1, 0.15) is 11.1 Å². The largest absolute Gasteiger partial charge is 0.378 e. The normalized spacial score (nSPS) is 14.3. The molecule has 7 heteroatoms. The molecule has 1 saturated heterocycles. The second-order valence-corrected chi connectivity index (χ2v) is 5.82. The van der Waals surface area contributed by atoms with Gasteiger partial charge in [0.2, 0.25) is 0 Å². The highest BCUT2D eigenvalue weighted by molar-refractivity contribution is 5.99. The summed E-state index contributed by atoms with van der Waals surface area (Å²) in [4.78, 5) is 22.7. The number of aromatic nitrogens is 2. The van der Waals surface area contributed by atoms with Gasteiger partial charge in [-0.05, 0) is 37.1 Å². The fourth-order valence-corrected chi connectivity index (χ4v) is 2.71. The van der Waals surface area contributed by atoms with Crippen LogP contribution in [0.5, 0.6) is 0 Å². The number of carbonyl (C=O) groups excluding carboxylic acids is 1. The number of hydrogen-bond donors (Lipinski definition) is 2. The zero-order valence-electron chi connectivity index (χ0n) is 13.9. The summed E-state index contributed by atoms with van der Waals surface area (Å²) in [6.07, 6.45) is 1.46. The SMILES string of the molecule is Cc1cc(C)cc(NC(=O)Nc2cc(N3CCOCC3)ncn2)c1. The number of nitrogens with one attached hydrogen (secondary N) is 2. The van der Waals surface area contributed by atoms with Gasteiger partial charge in [-0.25, -0.2) is 14.8 Å². The lowest BCUT2D eigenvalue weighted by molar-refractivity contribution is 0.122. The maximum absolute atomic E-state index is 12.2. The van der Waals surface area contributed by atoms with Crippen molar-refractivity contribution in [2.24, 2.45) is 0 Å². The average molecular weight is 327 g/mol. The quantitative estimate of drug-likeness (QED) is 0.906. The number of anilines is 3. The third-order valence-corrected chi connectivity index (χ3v) is 3.71. The van der Waals surface area contributed by atoms with E-state index in [0.717, 1.165) is 35.7 Å². The Kier molecular flexibility index (Phi) is 4.90. The minimum Gasteiger partial charge on any atom is -0.378 e. The Balaban J connectivity index is 1.65. The van der Waals surface area contributed by atoms with Gasteiger partial charge in [-0.15, -0.1) is 0 Å². The molecule has 24 heavy (non-hydrogen) atoms. The molecule has 3 rings (SSSR count). The molecule has 7 nitrogen and oxygen atoms in total. The lowest BCUT2D eigenvalue weighted by atomic mass is 10.1. The standard InChI is InChI=1S/C17H21N5O2/c1-12-7-13(2)9-14(8-12)20-17(23)21-15-10-16(19-11-18-15)22-3-5-24-6-4-22/h7-11H,3-6H2,1-2H3,(H2,18,19,20,21,23). The topological polar surface area (TPSA) is 79.4 Å². The van der Waals surface area contributed by atoms with Gasteiger partial charge in [-0.2, -0.15) is 0 Å². The van der Waals surface area contributed by atoms with Crippen LogP contribution >= 0.6 is 0 Å². The number of hydrogen-bond acceptors (Lipinski definition) is 5. The third-order valence-electron chi connectivity index (χ3n) is 3.71. The molecule has 0 spiro atoms. The van der Waals surface area contributed by atoms with E-state index in [4.69, 9.17) is 4.74 Å². The van der Waals surface area contributed by atoms with E-state index in [1.807, 2.05) is 26.0 Å². The summed E-state index contributed by atoms with van der Waals surface area (Å²) in [6.45, 7) is 6.92. The summed E-state index contributed by atoms with van der Waals surface area (Å²) in [5, 5.41) is 5.58. The van der Waals surface area contributed by atoms with Gasteiger partial charge in [0, 0.05) is 24.8 Å². The van der Waals surface area contributed by atoms with Crippen LogP contribution in [0.15, 0.2) is 30.6 Å². The Bertz CT molecular complexity index is 708. The van der Waals surface area contributed by atoms with E-state index >= 15 is 0 Å². The number of ether oxygens (including phenoxy) is 1. The van der Waals surface area contributed by atoms with Crippen molar-refractivity contribution in [3.05, 3.63) is 41.7 Å². The van der Waals surface area contributed by atoms with Crippen molar-refractivity contribution in [2.45, 2.75) is 13.8 Å². The highest BCUT2D eigenvalue weighted by Gasteiger charge is 2.13. The zero-order valence-corrected chi connectivity index (χ0v) is 13.9. The molecule has 0 saturated carbocycles. The first-order valence-electron chi connectivity index (χ1n) is 7.91. The monoisotopic (exact) mass is 327 g/mol. The third kappa shape index (κ3) is 4.20. The second kappa shape index (κ2) is 7.27. The smallest absolute Gasteiger partial charge is 0.324 e. The lowest BCUT2D eigenvalue weighted by Crippen LogP contribution is -2.36. The lowest BCUT2D eigenvalue weighted by Gasteiger charge is -2.27. The molecule has 0 atom stereocenters. The summed E-state index contributed by atoms with van der Waals surface area (Å²) < 4.78 is 5.34. The van der Waals surface area contributed by atoms with E-state index in [0.29, 0.717) is 19.0 Å². The van der Waals surface area contributed by atoms with E-state index in [-0.39, 0.29) is 6.03 Å². The van der Waals surface area contributed by atoms with Crippen LogP contribution in [0, 0.1) is 13.8 Å². The molecule has 1 aliphatic heterocycles. The molecular weight excluding hydrogens is 306 g/mol. The molecule has 1 aromatic heterocycles. The summed E-state index contributed by atoms with van der Waals surface area (Å²) >= 11 is 0. The molecule has 0 bridgehead atoms. The molecule has 126 valence electrons. The maximum Gasteiger partial charge on any atom is 0.324 e. The van der Waals surface area contributed by atoms with E-state index in [9.17, 15) is 4.79 Å². The minimum absolute atomic E-state index is 0.327. The fraction of sp³-hybridized carbons (Fsp3) is 0.353. The number of morpholine rings is 1. The van der Waals surface area contributed by atoms with E-state index < -0.39 is 0 Å². The van der Waals surface area contributed by atoms with Crippen LogP contribution in [0.2, 0.25) is 0 Å². The van der Waals surface area contributed by atoms with E-state index in [1.54, 1.807) is 6.07 Å². The predicted molar refractivity (Wildman–Crippen MR) is 93.6 cm³/mol. The van der Waals surface area contributed by atoms with Crippen molar-refractivity contribution in [2.75, 3.05) is 41.8 Å².